The highest BCUT2D eigenvalue weighted by atomic mass is 32.1. The molecule has 0 aliphatic heterocycles. The van der Waals surface area contributed by atoms with Crippen molar-refractivity contribution in [2.75, 3.05) is 0 Å². The molecule has 0 saturated carbocycles. The van der Waals surface area contributed by atoms with Gasteiger partial charge in [0.25, 0.3) is 5.56 Å². The van der Waals surface area contributed by atoms with Crippen molar-refractivity contribution in [1.82, 2.24) is 9.38 Å². The van der Waals surface area contributed by atoms with Gasteiger partial charge >= 0.3 is 0 Å². The molecular formula is C19H16N2O2S. The Kier molecular flexibility index (Phi) is 3.58. The Labute approximate surface area is 142 Å². The van der Waals surface area contributed by atoms with E-state index in [1.807, 2.05) is 68.5 Å². The second kappa shape index (κ2) is 5.76. The zero-order valence-corrected chi connectivity index (χ0v) is 14.2. The van der Waals surface area contributed by atoms with Crippen LogP contribution < -0.4 is 14.8 Å². The minimum absolute atomic E-state index is 0.0220. The van der Waals surface area contributed by atoms with Gasteiger partial charge in [0.2, 0.25) is 0 Å². The van der Waals surface area contributed by atoms with Gasteiger partial charge in [-0.2, -0.15) is 0 Å². The molecule has 0 saturated heterocycles. The van der Waals surface area contributed by atoms with Gasteiger partial charge in [0.05, 0.1) is 21.7 Å². The van der Waals surface area contributed by atoms with Crippen LogP contribution in [0.3, 0.4) is 0 Å². The molecule has 0 N–H and O–H groups in total. The van der Waals surface area contributed by atoms with Crippen molar-refractivity contribution in [3.05, 3.63) is 69.0 Å². The third-order valence-electron chi connectivity index (χ3n) is 3.69. The molecule has 2 heterocycles. The number of hydrogen-bond acceptors (Lipinski definition) is 4. The van der Waals surface area contributed by atoms with Gasteiger partial charge in [-0.15, -0.1) is 0 Å². The summed E-state index contributed by atoms with van der Waals surface area (Å²) in [5, 5.41) is 0. The molecule has 2 aromatic heterocycles. The highest BCUT2D eigenvalue weighted by Gasteiger charge is 2.10. The number of para-hydroxylation sites is 2. The Bertz CT molecular complexity index is 1120. The number of benzene rings is 2. The van der Waals surface area contributed by atoms with Gasteiger partial charge in [0.15, 0.2) is 4.96 Å². The van der Waals surface area contributed by atoms with Crippen molar-refractivity contribution in [2.24, 2.45) is 0 Å². The average molecular weight is 336 g/mol. The third kappa shape index (κ3) is 2.57. The normalized spacial score (nSPS) is 12.5. The summed E-state index contributed by atoms with van der Waals surface area (Å²) in [6.07, 6.45) is 2.04. The van der Waals surface area contributed by atoms with Gasteiger partial charge in [0.1, 0.15) is 5.75 Å². The van der Waals surface area contributed by atoms with Crippen LogP contribution in [0.15, 0.2) is 53.3 Å². The average Bonchev–Trinajstić information content (AvgIpc) is 3.06. The molecule has 4 rings (SSSR count). The van der Waals surface area contributed by atoms with Gasteiger partial charge in [0, 0.05) is 0 Å². The van der Waals surface area contributed by atoms with Crippen molar-refractivity contribution < 1.29 is 4.74 Å². The lowest BCUT2D eigenvalue weighted by atomic mass is 10.2. The Morgan fingerprint density at radius 1 is 1.12 bits per heavy atom. The fraction of sp³-hybridized carbons (Fsp3) is 0.158. The monoisotopic (exact) mass is 336 g/mol. The van der Waals surface area contributed by atoms with E-state index in [0.29, 0.717) is 4.53 Å². The van der Waals surface area contributed by atoms with E-state index in [9.17, 15) is 4.79 Å². The van der Waals surface area contributed by atoms with Crippen LogP contribution in [0, 0.1) is 0 Å². The number of ether oxygens (including phenoxy) is 1. The number of rotatable bonds is 3. The summed E-state index contributed by atoms with van der Waals surface area (Å²) in [6.45, 7) is 3.99. The summed E-state index contributed by atoms with van der Waals surface area (Å²) in [5.74, 6) is 0.830. The second-order valence-corrected chi connectivity index (χ2v) is 6.88. The van der Waals surface area contributed by atoms with Crippen LogP contribution in [0.4, 0.5) is 0 Å². The maximum Gasteiger partial charge on any atom is 0.274 e. The number of thiazole rings is 1. The lowest BCUT2D eigenvalue weighted by molar-refractivity contribution is 0.242. The summed E-state index contributed by atoms with van der Waals surface area (Å²) in [7, 11) is 0. The van der Waals surface area contributed by atoms with Crippen LogP contribution in [0.1, 0.15) is 19.4 Å². The lowest BCUT2D eigenvalue weighted by Crippen LogP contribution is -2.22. The van der Waals surface area contributed by atoms with Crippen molar-refractivity contribution in [2.45, 2.75) is 20.0 Å². The summed E-state index contributed by atoms with van der Waals surface area (Å²) in [5.41, 5.74) is 2.65. The maximum atomic E-state index is 12.7. The Balaban J connectivity index is 1.80. The number of fused-ring (bicyclic) bond motifs is 3. The second-order valence-electron chi connectivity index (χ2n) is 5.87. The first kappa shape index (κ1) is 14.9. The minimum Gasteiger partial charge on any atom is -0.491 e. The smallest absolute Gasteiger partial charge is 0.274 e. The van der Waals surface area contributed by atoms with E-state index in [-0.39, 0.29) is 11.7 Å². The molecule has 4 nitrogen and oxygen atoms in total. The summed E-state index contributed by atoms with van der Waals surface area (Å²) in [4.78, 5) is 18.0. The zero-order chi connectivity index (χ0) is 16.7. The molecule has 5 heteroatoms. The van der Waals surface area contributed by atoms with Gasteiger partial charge in [-0.1, -0.05) is 35.6 Å². The van der Waals surface area contributed by atoms with Crippen LogP contribution in [0.2, 0.25) is 0 Å². The van der Waals surface area contributed by atoms with Gasteiger partial charge in [-0.25, -0.2) is 9.38 Å². The van der Waals surface area contributed by atoms with Gasteiger partial charge < -0.3 is 4.74 Å². The first-order valence-corrected chi connectivity index (χ1v) is 8.62. The molecule has 0 radical (unpaired) electrons. The molecule has 2 aromatic carbocycles. The first-order chi connectivity index (χ1) is 11.6. The topological polar surface area (TPSA) is 43.6 Å². The van der Waals surface area contributed by atoms with E-state index >= 15 is 0 Å². The van der Waals surface area contributed by atoms with E-state index < -0.39 is 0 Å². The van der Waals surface area contributed by atoms with E-state index in [4.69, 9.17) is 4.74 Å². The highest BCUT2D eigenvalue weighted by Crippen LogP contribution is 2.17. The largest absolute Gasteiger partial charge is 0.491 e. The number of nitrogens with zero attached hydrogens (tertiary/aromatic N) is 2. The van der Waals surface area contributed by atoms with Crippen LogP contribution >= 0.6 is 11.3 Å². The molecule has 0 atom stereocenters. The predicted molar refractivity (Wildman–Crippen MR) is 97.8 cm³/mol. The van der Waals surface area contributed by atoms with E-state index in [1.54, 1.807) is 4.40 Å². The molecule has 0 spiro atoms. The van der Waals surface area contributed by atoms with Crippen LogP contribution in [-0.2, 0) is 0 Å². The Morgan fingerprint density at radius 2 is 1.88 bits per heavy atom. The molecule has 0 amide bonds. The first-order valence-electron chi connectivity index (χ1n) is 7.80. The molecular weight excluding hydrogens is 320 g/mol. The fourth-order valence-corrected chi connectivity index (χ4v) is 3.67. The lowest BCUT2D eigenvalue weighted by Gasteiger charge is -2.09. The Hall–Kier alpha value is -2.66. The zero-order valence-electron chi connectivity index (χ0n) is 13.4. The molecule has 0 aliphatic rings. The minimum atomic E-state index is -0.0220. The fourth-order valence-electron chi connectivity index (χ4n) is 2.68. The van der Waals surface area contributed by atoms with Crippen molar-refractivity contribution in [3.8, 4) is 5.75 Å². The van der Waals surface area contributed by atoms with E-state index in [2.05, 4.69) is 4.98 Å². The van der Waals surface area contributed by atoms with Gasteiger partial charge in [-0.05, 0) is 49.8 Å². The third-order valence-corrected chi connectivity index (χ3v) is 4.66. The molecule has 0 bridgehead atoms. The van der Waals surface area contributed by atoms with Crippen molar-refractivity contribution >= 4 is 33.4 Å². The van der Waals surface area contributed by atoms with Crippen molar-refractivity contribution in [1.29, 1.82) is 0 Å². The van der Waals surface area contributed by atoms with Crippen LogP contribution in [-0.4, -0.2) is 15.5 Å². The quantitative estimate of drug-likeness (QED) is 0.577. The molecule has 0 unspecified atom stereocenters. The van der Waals surface area contributed by atoms with E-state index in [0.717, 1.165) is 27.3 Å². The number of imidazole rings is 1. The highest BCUT2D eigenvalue weighted by molar-refractivity contribution is 7.15. The van der Waals surface area contributed by atoms with Crippen LogP contribution in [0.25, 0.3) is 22.1 Å². The number of hydrogen-bond donors (Lipinski definition) is 0. The maximum absolute atomic E-state index is 12.7. The summed E-state index contributed by atoms with van der Waals surface area (Å²) in [6, 6.07) is 15.4. The van der Waals surface area contributed by atoms with E-state index in [1.165, 1.54) is 11.3 Å². The van der Waals surface area contributed by atoms with Crippen molar-refractivity contribution in [3.63, 3.8) is 0 Å². The predicted octanol–water partition coefficient (Wildman–Crippen LogP) is 3.24. The molecule has 4 aromatic rings. The molecule has 120 valence electrons. The molecule has 0 fully saturated rings. The SMILES string of the molecule is CC(C)Oc1ccc(C=c2sc3nc4ccccc4n3c2=O)cc1. The van der Waals surface area contributed by atoms with Gasteiger partial charge in [-0.3, -0.25) is 4.79 Å². The standard InChI is InChI=1S/C19H16N2O2S/c1-12(2)23-14-9-7-13(8-10-14)11-17-18(22)21-16-6-4-3-5-15(16)20-19(21)24-17/h3-12H,1-2H3. The molecule has 24 heavy (non-hydrogen) atoms. The number of aromatic nitrogens is 2. The Morgan fingerprint density at radius 3 is 2.62 bits per heavy atom. The summed E-state index contributed by atoms with van der Waals surface area (Å²) < 4.78 is 8.00. The molecule has 0 aliphatic carbocycles. The van der Waals surface area contributed by atoms with Crippen LogP contribution in [0.5, 0.6) is 5.75 Å². The summed E-state index contributed by atoms with van der Waals surface area (Å²) >= 11 is 1.41.